The van der Waals surface area contributed by atoms with Crippen molar-refractivity contribution in [3.05, 3.63) is 0 Å². The molecule has 3 N–H and O–H groups in total. The fourth-order valence-corrected chi connectivity index (χ4v) is 8.42. The predicted octanol–water partition coefficient (Wildman–Crippen LogP) is 14.4. The van der Waals surface area contributed by atoms with Gasteiger partial charge in [-0.15, -0.1) is 0 Å². The van der Waals surface area contributed by atoms with Gasteiger partial charge in [0.05, 0.1) is 6.54 Å². The van der Waals surface area contributed by atoms with Gasteiger partial charge in [-0.2, -0.15) is 0 Å². The number of rotatable bonds is 46. The highest BCUT2D eigenvalue weighted by molar-refractivity contribution is 4.63. The molecule has 0 amide bonds. The minimum atomic E-state index is 0. The zero-order chi connectivity index (χ0) is 36.1. The fraction of sp³-hybridized carbons (Fsp3) is 1.00. The highest BCUT2D eigenvalue weighted by Crippen LogP contribution is 2.25. The van der Waals surface area contributed by atoms with Crippen LogP contribution < -0.4 is 22.7 Å². The molecule has 0 aromatic carbocycles. The molecule has 0 saturated carbocycles. The first-order valence-corrected chi connectivity index (χ1v) is 24.6. The third-order valence-corrected chi connectivity index (χ3v) is 12.0. The lowest BCUT2D eigenvalue weighted by atomic mass is 9.89. The van der Waals surface area contributed by atoms with E-state index in [1.807, 2.05) is 0 Å². The van der Waals surface area contributed by atoms with Crippen LogP contribution in [0, 0.1) is 5.92 Å². The average Bonchev–Trinajstić information content (AvgIpc) is 3.13. The molecule has 0 aliphatic carbocycles. The highest BCUT2D eigenvalue weighted by Gasteiger charge is 2.09. The fourth-order valence-electron chi connectivity index (χ4n) is 8.42. The number of quaternary nitrogens is 1. The SMILES string of the molecule is CCCCCCCCCCCCCCCCCCC(CCCCCCCCCCCC[NH3+])CCCCCCCCCCCCCCCCCC.[Br-]. The van der Waals surface area contributed by atoms with Crippen molar-refractivity contribution in [1.29, 1.82) is 0 Å². The third kappa shape index (κ3) is 48.4. The molecule has 0 atom stereocenters. The monoisotopic (exact) mass is 784 g/mol. The van der Waals surface area contributed by atoms with Gasteiger partial charge in [-0.1, -0.05) is 290 Å². The molecule has 2 heteroatoms. The Bertz CT molecular complexity index is 528. The van der Waals surface area contributed by atoms with Gasteiger partial charge in [-0.05, 0) is 18.8 Å². The zero-order valence-electron chi connectivity index (χ0n) is 36.2. The summed E-state index contributed by atoms with van der Waals surface area (Å²) >= 11 is 0. The molecule has 0 fully saturated rings. The molecule has 310 valence electrons. The van der Waals surface area contributed by atoms with Gasteiger partial charge in [0, 0.05) is 0 Å². The summed E-state index contributed by atoms with van der Waals surface area (Å²) in [5, 5.41) is 0. The molecule has 51 heavy (non-hydrogen) atoms. The first kappa shape index (κ1) is 53.5. The van der Waals surface area contributed by atoms with Gasteiger partial charge >= 0.3 is 0 Å². The van der Waals surface area contributed by atoms with E-state index in [4.69, 9.17) is 0 Å². The van der Waals surface area contributed by atoms with E-state index in [0.29, 0.717) is 0 Å². The first-order chi connectivity index (χ1) is 24.8. The van der Waals surface area contributed by atoms with Gasteiger partial charge in [-0.25, -0.2) is 0 Å². The summed E-state index contributed by atoms with van der Waals surface area (Å²) in [6.07, 6.45) is 66.6. The Morgan fingerprint density at radius 1 is 0.235 bits per heavy atom. The lowest BCUT2D eigenvalue weighted by Gasteiger charge is -2.17. The van der Waals surface area contributed by atoms with Crippen LogP contribution in [-0.2, 0) is 0 Å². The highest BCUT2D eigenvalue weighted by atomic mass is 79.9. The Morgan fingerprint density at radius 2 is 0.392 bits per heavy atom. The second-order valence-corrected chi connectivity index (χ2v) is 17.2. The van der Waals surface area contributed by atoms with Crippen LogP contribution in [0.4, 0.5) is 0 Å². The third-order valence-electron chi connectivity index (χ3n) is 12.0. The van der Waals surface area contributed by atoms with E-state index in [2.05, 4.69) is 19.6 Å². The Morgan fingerprint density at radius 3 is 0.569 bits per heavy atom. The van der Waals surface area contributed by atoms with E-state index in [-0.39, 0.29) is 17.0 Å². The summed E-state index contributed by atoms with van der Waals surface area (Å²) in [7, 11) is 0. The molecular weight excluding hydrogens is 682 g/mol. The lowest BCUT2D eigenvalue weighted by molar-refractivity contribution is -0.368. The molecule has 0 spiro atoms. The van der Waals surface area contributed by atoms with Crippen LogP contribution in [0.3, 0.4) is 0 Å². The van der Waals surface area contributed by atoms with E-state index in [1.165, 1.54) is 289 Å². The molecule has 0 aromatic rings. The number of halogens is 1. The largest absolute Gasteiger partial charge is 1.00 e. The van der Waals surface area contributed by atoms with Gasteiger partial charge in [0.25, 0.3) is 0 Å². The van der Waals surface area contributed by atoms with E-state index >= 15 is 0 Å². The molecular formula is C49H102BrN. The van der Waals surface area contributed by atoms with Gasteiger partial charge in [0.15, 0.2) is 0 Å². The maximum Gasteiger partial charge on any atom is 0.0739 e. The Labute approximate surface area is 336 Å². The van der Waals surface area contributed by atoms with Crippen LogP contribution in [0.5, 0.6) is 0 Å². The van der Waals surface area contributed by atoms with Crippen LogP contribution in [0.2, 0.25) is 0 Å². The number of hydrogen-bond donors (Lipinski definition) is 1. The van der Waals surface area contributed by atoms with Gasteiger partial charge in [0.1, 0.15) is 0 Å². The van der Waals surface area contributed by atoms with Crippen molar-refractivity contribution < 1.29 is 22.7 Å². The Hall–Kier alpha value is 0.440. The zero-order valence-corrected chi connectivity index (χ0v) is 37.8. The Kier molecular flexibility index (Phi) is 53.0. The minimum Gasteiger partial charge on any atom is -1.00 e. The van der Waals surface area contributed by atoms with Crippen molar-refractivity contribution in [3.8, 4) is 0 Å². The van der Waals surface area contributed by atoms with Crippen molar-refractivity contribution in [1.82, 2.24) is 0 Å². The van der Waals surface area contributed by atoms with E-state index in [9.17, 15) is 0 Å². The molecule has 0 aliphatic rings. The van der Waals surface area contributed by atoms with Crippen molar-refractivity contribution in [3.63, 3.8) is 0 Å². The summed E-state index contributed by atoms with van der Waals surface area (Å²) in [4.78, 5) is 0. The normalized spacial score (nSPS) is 11.5. The van der Waals surface area contributed by atoms with Gasteiger partial charge in [0.2, 0.25) is 0 Å². The second-order valence-electron chi connectivity index (χ2n) is 17.2. The Balaban J connectivity index is 0. The van der Waals surface area contributed by atoms with Crippen LogP contribution in [0.1, 0.15) is 303 Å². The molecule has 0 aromatic heterocycles. The first-order valence-electron chi connectivity index (χ1n) is 24.6. The van der Waals surface area contributed by atoms with E-state index < -0.39 is 0 Å². The summed E-state index contributed by atoms with van der Waals surface area (Å²) in [5.74, 6) is 1.03. The van der Waals surface area contributed by atoms with Gasteiger partial charge in [-0.3, -0.25) is 0 Å². The molecule has 0 heterocycles. The smallest absolute Gasteiger partial charge is 0.0739 e. The summed E-state index contributed by atoms with van der Waals surface area (Å²) < 4.78 is 0. The summed E-state index contributed by atoms with van der Waals surface area (Å²) in [6.45, 7) is 5.76. The molecule has 0 aliphatic heterocycles. The van der Waals surface area contributed by atoms with Crippen molar-refractivity contribution >= 4 is 0 Å². The van der Waals surface area contributed by atoms with Gasteiger partial charge < -0.3 is 22.7 Å². The van der Waals surface area contributed by atoms with Crippen molar-refractivity contribution in [2.45, 2.75) is 303 Å². The van der Waals surface area contributed by atoms with Crippen molar-refractivity contribution in [2.75, 3.05) is 6.54 Å². The van der Waals surface area contributed by atoms with Crippen LogP contribution >= 0.6 is 0 Å². The van der Waals surface area contributed by atoms with E-state index in [0.717, 1.165) is 12.5 Å². The average molecular weight is 785 g/mol. The van der Waals surface area contributed by atoms with Crippen LogP contribution in [0.15, 0.2) is 0 Å². The predicted molar refractivity (Wildman–Crippen MR) is 230 cm³/mol. The minimum absolute atomic E-state index is 0. The van der Waals surface area contributed by atoms with E-state index in [1.54, 1.807) is 0 Å². The molecule has 0 unspecified atom stereocenters. The van der Waals surface area contributed by atoms with Crippen LogP contribution in [-0.4, -0.2) is 6.54 Å². The maximum absolute atomic E-state index is 3.98. The summed E-state index contributed by atoms with van der Waals surface area (Å²) in [6, 6.07) is 0. The maximum atomic E-state index is 3.98. The molecule has 0 radical (unpaired) electrons. The molecule has 0 rings (SSSR count). The molecule has 0 saturated heterocycles. The summed E-state index contributed by atoms with van der Waals surface area (Å²) in [5.41, 5.74) is 3.98. The lowest BCUT2D eigenvalue weighted by Crippen LogP contribution is -3.00. The number of hydrogen-bond acceptors (Lipinski definition) is 0. The van der Waals surface area contributed by atoms with Crippen LogP contribution in [0.25, 0.3) is 0 Å². The number of unbranched alkanes of at least 4 members (excludes halogenated alkanes) is 39. The standard InChI is InChI=1S/C49H101N.BrH/c1-3-5-7-9-11-13-15-17-19-21-23-25-29-33-37-41-45-49(47-43-39-35-31-27-28-32-36-40-44-48-50)46-42-38-34-30-26-24-22-20-18-16-14-12-10-8-6-4-2;/h49H,3-48,50H2,1-2H3;1H. The molecule has 1 nitrogen and oxygen atoms in total. The second kappa shape index (κ2) is 50.4. The quantitative estimate of drug-likeness (QED) is 0.0596. The topological polar surface area (TPSA) is 27.6 Å². The molecule has 0 bridgehead atoms. The van der Waals surface area contributed by atoms with Crippen molar-refractivity contribution in [2.24, 2.45) is 5.92 Å².